The van der Waals surface area contributed by atoms with E-state index in [0.717, 1.165) is 40.5 Å². The standard InChI is InChI=1S/C14H14BrNO2/c15-11-5-1-3-9-7-12(17)14(16-13(9)11)10-4-2-6-18-8-10/h1,3,5,7,10,17H,2,4,6,8H2. The van der Waals surface area contributed by atoms with Crippen molar-refractivity contribution in [2.75, 3.05) is 13.2 Å². The summed E-state index contributed by atoms with van der Waals surface area (Å²) < 4.78 is 6.43. The molecule has 0 spiro atoms. The maximum absolute atomic E-state index is 10.1. The maximum Gasteiger partial charge on any atom is 0.138 e. The largest absolute Gasteiger partial charge is 0.506 e. The first-order chi connectivity index (χ1) is 8.75. The van der Waals surface area contributed by atoms with E-state index < -0.39 is 0 Å². The number of fused-ring (bicyclic) bond motifs is 1. The average Bonchev–Trinajstić information content (AvgIpc) is 2.39. The Kier molecular flexibility index (Phi) is 3.22. The molecule has 3 rings (SSSR count). The normalized spacial score (nSPS) is 20.2. The molecule has 0 bridgehead atoms. The van der Waals surface area contributed by atoms with Crippen molar-refractivity contribution in [1.29, 1.82) is 0 Å². The Morgan fingerprint density at radius 3 is 3.06 bits per heavy atom. The van der Waals surface area contributed by atoms with E-state index in [1.54, 1.807) is 6.07 Å². The third-order valence-electron chi connectivity index (χ3n) is 3.35. The Morgan fingerprint density at radius 2 is 2.28 bits per heavy atom. The number of aromatic nitrogens is 1. The van der Waals surface area contributed by atoms with E-state index in [4.69, 9.17) is 4.74 Å². The lowest BCUT2D eigenvalue weighted by molar-refractivity contribution is 0.0786. The Labute approximate surface area is 114 Å². The Balaban J connectivity index is 2.11. The van der Waals surface area contributed by atoms with E-state index in [-0.39, 0.29) is 11.7 Å². The second-order valence-corrected chi connectivity index (χ2v) is 5.47. The van der Waals surface area contributed by atoms with Crippen LogP contribution in [0, 0.1) is 0 Å². The van der Waals surface area contributed by atoms with Crippen LogP contribution in [-0.2, 0) is 4.74 Å². The summed E-state index contributed by atoms with van der Waals surface area (Å²) in [5, 5.41) is 11.1. The number of ether oxygens (including phenoxy) is 1. The Bertz CT molecular complexity index is 579. The highest BCUT2D eigenvalue weighted by atomic mass is 79.9. The summed E-state index contributed by atoms with van der Waals surface area (Å²) in [4.78, 5) is 4.62. The number of pyridine rings is 1. The molecule has 4 heteroatoms. The number of nitrogens with zero attached hydrogens (tertiary/aromatic N) is 1. The van der Waals surface area contributed by atoms with Crippen LogP contribution in [0.25, 0.3) is 10.9 Å². The molecule has 0 radical (unpaired) electrons. The van der Waals surface area contributed by atoms with Crippen LogP contribution in [0.3, 0.4) is 0 Å². The first-order valence-corrected chi connectivity index (χ1v) is 6.91. The van der Waals surface area contributed by atoms with E-state index in [1.807, 2.05) is 18.2 Å². The van der Waals surface area contributed by atoms with Crippen molar-refractivity contribution in [3.8, 4) is 5.75 Å². The number of aromatic hydroxyl groups is 1. The zero-order valence-electron chi connectivity index (χ0n) is 9.90. The zero-order valence-corrected chi connectivity index (χ0v) is 11.5. The third-order valence-corrected chi connectivity index (χ3v) is 3.99. The number of hydrogen-bond acceptors (Lipinski definition) is 3. The van der Waals surface area contributed by atoms with Gasteiger partial charge in [0.1, 0.15) is 5.75 Å². The number of rotatable bonds is 1. The number of para-hydroxylation sites is 1. The summed E-state index contributed by atoms with van der Waals surface area (Å²) in [6, 6.07) is 7.65. The smallest absolute Gasteiger partial charge is 0.138 e. The molecule has 94 valence electrons. The monoisotopic (exact) mass is 307 g/mol. The fourth-order valence-corrected chi connectivity index (χ4v) is 2.89. The first kappa shape index (κ1) is 11.9. The number of hydrogen-bond donors (Lipinski definition) is 1. The van der Waals surface area contributed by atoms with Gasteiger partial charge in [0.2, 0.25) is 0 Å². The molecule has 1 aliphatic rings. The van der Waals surface area contributed by atoms with Gasteiger partial charge in [0, 0.05) is 22.4 Å². The molecule has 1 unspecified atom stereocenters. The van der Waals surface area contributed by atoms with Gasteiger partial charge >= 0.3 is 0 Å². The van der Waals surface area contributed by atoms with Crippen LogP contribution in [0.5, 0.6) is 5.75 Å². The summed E-state index contributed by atoms with van der Waals surface area (Å²) in [6.45, 7) is 1.46. The lowest BCUT2D eigenvalue weighted by Gasteiger charge is -2.22. The van der Waals surface area contributed by atoms with Crippen LogP contribution in [0.4, 0.5) is 0 Å². The highest BCUT2D eigenvalue weighted by Gasteiger charge is 2.21. The molecule has 0 amide bonds. The second kappa shape index (κ2) is 4.86. The zero-order chi connectivity index (χ0) is 12.5. The SMILES string of the molecule is Oc1cc2cccc(Br)c2nc1C1CCCOC1. The molecule has 2 heterocycles. The second-order valence-electron chi connectivity index (χ2n) is 4.62. The lowest BCUT2D eigenvalue weighted by atomic mass is 9.96. The summed E-state index contributed by atoms with van der Waals surface area (Å²) in [7, 11) is 0. The van der Waals surface area contributed by atoms with Crippen LogP contribution >= 0.6 is 15.9 Å². The molecule has 3 nitrogen and oxygen atoms in total. The van der Waals surface area contributed by atoms with Crippen molar-refractivity contribution < 1.29 is 9.84 Å². The van der Waals surface area contributed by atoms with Gasteiger partial charge in [-0.3, -0.25) is 0 Å². The third kappa shape index (κ3) is 2.10. The Hall–Kier alpha value is -1.13. The molecule has 1 aliphatic heterocycles. The van der Waals surface area contributed by atoms with Crippen molar-refractivity contribution in [2.24, 2.45) is 0 Å². The molecule has 0 aliphatic carbocycles. The summed E-state index contributed by atoms with van der Waals surface area (Å²) in [6.07, 6.45) is 2.05. The molecule has 2 aromatic rings. The molecular weight excluding hydrogens is 294 g/mol. The predicted octanol–water partition coefficient (Wildman–Crippen LogP) is 3.60. The van der Waals surface area contributed by atoms with Crippen LogP contribution in [0.2, 0.25) is 0 Å². The first-order valence-electron chi connectivity index (χ1n) is 6.11. The van der Waals surface area contributed by atoms with Crippen molar-refractivity contribution in [2.45, 2.75) is 18.8 Å². The molecule has 1 saturated heterocycles. The van der Waals surface area contributed by atoms with E-state index >= 15 is 0 Å². The Morgan fingerprint density at radius 1 is 1.39 bits per heavy atom. The molecule has 1 aromatic heterocycles. The molecular formula is C14H14BrNO2. The van der Waals surface area contributed by atoms with Crippen molar-refractivity contribution in [3.63, 3.8) is 0 Å². The lowest BCUT2D eigenvalue weighted by Crippen LogP contribution is -2.16. The van der Waals surface area contributed by atoms with Gasteiger partial charge in [-0.25, -0.2) is 4.98 Å². The van der Waals surface area contributed by atoms with Crippen molar-refractivity contribution >= 4 is 26.8 Å². The number of benzene rings is 1. The van der Waals surface area contributed by atoms with Gasteiger partial charge in [0.25, 0.3) is 0 Å². The molecule has 1 atom stereocenters. The van der Waals surface area contributed by atoms with Crippen LogP contribution in [-0.4, -0.2) is 23.3 Å². The predicted molar refractivity (Wildman–Crippen MR) is 73.9 cm³/mol. The summed E-state index contributed by atoms with van der Waals surface area (Å²) in [5.41, 5.74) is 1.66. The van der Waals surface area contributed by atoms with Gasteiger partial charge in [0.15, 0.2) is 0 Å². The molecule has 1 fully saturated rings. The quantitative estimate of drug-likeness (QED) is 0.875. The molecule has 0 saturated carbocycles. The van der Waals surface area contributed by atoms with Crippen molar-refractivity contribution in [1.82, 2.24) is 4.98 Å². The molecule has 18 heavy (non-hydrogen) atoms. The van der Waals surface area contributed by atoms with Crippen LogP contribution < -0.4 is 0 Å². The summed E-state index contributed by atoms with van der Waals surface area (Å²) in [5.74, 6) is 0.478. The van der Waals surface area contributed by atoms with Crippen molar-refractivity contribution in [3.05, 3.63) is 34.4 Å². The van der Waals surface area contributed by atoms with E-state index in [0.29, 0.717) is 6.61 Å². The fraction of sp³-hybridized carbons (Fsp3) is 0.357. The number of halogens is 1. The van der Waals surface area contributed by atoms with Gasteiger partial charge < -0.3 is 9.84 Å². The van der Waals surface area contributed by atoms with Gasteiger partial charge in [-0.15, -0.1) is 0 Å². The maximum atomic E-state index is 10.1. The highest BCUT2D eigenvalue weighted by Crippen LogP contribution is 2.34. The minimum absolute atomic E-state index is 0.204. The average molecular weight is 308 g/mol. The van der Waals surface area contributed by atoms with Crippen LogP contribution in [0.1, 0.15) is 24.5 Å². The van der Waals surface area contributed by atoms with Gasteiger partial charge in [-0.05, 0) is 40.9 Å². The minimum Gasteiger partial charge on any atom is -0.506 e. The van der Waals surface area contributed by atoms with Crippen LogP contribution in [0.15, 0.2) is 28.7 Å². The highest BCUT2D eigenvalue weighted by molar-refractivity contribution is 9.10. The summed E-state index contributed by atoms with van der Waals surface area (Å²) >= 11 is 3.50. The fourth-order valence-electron chi connectivity index (χ4n) is 2.42. The van der Waals surface area contributed by atoms with E-state index in [2.05, 4.69) is 20.9 Å². The molecule has 1 aromatic carbocycles. The van der Waals surface area contributed by atoms with E-state index in [9.17, 15) is 5.11 Å². The minimum atomic E-state index is 0.204. The van der Waals surface area contributed by atoms with E-state index in [1.165, 1.54) is 0 Å². The van der Waals surface area contributed by atoms with Gasteiger partial charge in [0.05, 0.1) is 17.8 Å². The van der Waals surface area contributed by atoms with Gasteiger partial charge in [-0.1, -0.05) is 12.1 Å². The molecule has 1 N–H and O–H groups in total. The topological polar surface area (TPSA) is 42.4 Å². The van der Waals surface area contributed by atoms with Gasteiger partial charge in [-0.2, -0.15) is 0 Å².